The Morgan fingerprint density at radius 2 is 1.95 bits per heavy atom. The molecule has 0 fully saturated rings. The first-order chi connectivity index (χ1) is 9.30. The van der Waals surface area contributed by atoms with Gasteiger partial charge in [-0.1, -0.05) is 63.0 Å². The van der Waals surface area contributed by atoms with Gasteiger partial charge in [0.1, 0.15) is 0 Å². The monoisotopic (exact) mass is 288 g/mol. The van der Waals surface area contributed by atoms with Crippen molar-refractivity contribution in [3.8, 4) is 0 Å². The molecule has 0 N–H and O–H groups in total. The van der Waals surface area contributed by atoms with E-state index in [0.717, 1.165) is 6.04 Å². The van der Waals surface area contributed by atoms with Crippen molar-refractivity contribution in [2.75, 3.05) is 6.61 Å². The van der Waals surface area contributed by atoms with Gasteiger partial charge in [-0.15, -0.1) is 0 Å². The number of allylic oxidation sites excluding steroid dienone is 1. The molecule has 2 rings (SSSR count). The van der Waals surface area contributed by atoms with Crippen LogP contribution in [0, 0.1) is 0 Å². The summed E-state index contributed by atoms with van der Waals surface area (Å²) < 4.78 is 5.42. The van der Waals surface area contributed by atoms with Crippen LogP contribution in [0.15, 0.2) is 30.3 Å². The van der Waals surface area contributed by atoms with E-state index in [1.54, 1.807) is 0 Å². The second-order valence-electron chi connectivity index (χ2n) is 7.05. The maximum Gasteiger partial charge on any atom is 0.306 e. The lowest BCUT2D eigenvalue weighted by Gasteiger charge is -2.23. The smallest absolute Gasteiger partial charge is 0.306 e. The maximum atomic E-state index is 12.1. The normalized spacial score (nSPS) is 20.8. The number of rotatable bonds is 5. The van der Waals surface area contributed by atoms with E-state index in [1.807, 2.05) is 12.1 Å². The molecule has 1 aliphatic rings. The Bertz CT molecular complexity index is 528. The summed E-state index contributed by atoms with van der Waals surface area (Å²) in [5.41, 5.74) is 2.22. The van der Waals surface area contributed by atoms with Gasteiger partial charge in [-0.05, 0) is 17.2 Å². The highest BCUT2D eigenvalue weighted by Gasteiger charge is 2.32. The van der Waals surface area contributed by atoms with Crippen LogP contribution in [0.1, 0.15) is 24.5 Å². The SMILES string of the molecule is CC1(CC(=O)OCC[Si](C)(C)C)C=Cc2ccccc21. The molecule has 0 heterocycles. The van der Waals surface area contributed by atoms with E-state index < -0.39 is 8.07 Å². The Morgan fingerprint density at radius 1 is 1.25 bits per heavy atom. The fraction of sp³-hybridized carbons (Fsp3) is 0.471. The lowest BCUT2D eigenvalue weighted by molar-refractivity contribution is -0.144. The third-order valence-corrected chi connectivity index (χ3v) is 5.54. The van der Waals surface area contributed by atoms with Gasteiger partial charge in [0.15, 0.2) is 0 Å². The summed E-state index contributed by atoms with van der Waals surface area (Å²) in [6.07, 6.45) is 4.65. The van der Waals surface area contributed by atoms with Gasteiger partial charge in [0.2, 0.25) is 0 Å². The number of hydrogen-bond donors (Lipinski definition) is 0. The molecule has 0 bridgehead atoms. The lowest BCUT2D eigenvalue weighted by Crippen LogP contribution is -2.26. The molecule has 108 valence electrons. The molecule has 0 spiro atoms. The fourth-order valence-corrected chi connectivity index (χ4v) is 3.22. The van der Waals surface area contributed by atoms with Gasteiger partial charge in [-0.2, -0.15) is 0 Å². The van der Waals surface area contributed by atoms with Crippen LogP contribution in [0.5, 0.6) is 0 Å². The van der Waals surface area contributed by atoms with E-state index >= 15 is 0 Å². The molecule has 0 radical (unpaired) electrons. The van der Waals surface area contributed by atoms with Gasteiger partial charge in [-0.25, -0.2) is 0 Å². The van der Waals surface area contributed by atoms with E-state index in [4.69, 9.17) is 4.74 Å². The standard InChI is InChI=1S/C17H24O2Si/c1-17(10-9-14-7-5-6-8-15(14)17)13-16(18)19-11-12-20(2,3)4/h5-10H,11-13H2,1-4H3. The van der Waals surface area contributed by atoms with Gasteiger partial charge in [-0.3, -0.25) is 4.79 Å². The van der Waals surface area contributed by atoms with Gasteiger partial charge in [0.05, 0.1) is 13.0 Å². The summed E-state index contributed by atoms with van der Waals surface area (Å²) >= 11 is 0. The number of esters is 1. The lowest BCUT2D eigenvalue weighted by atomic mass is 9.82. The Morgan fingerprint density at radius 3 is 2.65 bits per heavy atom. The van der Waals surface area contributed by atoms with Crippen molar-refractivity contribution in [2.24, 2.45) is 0 Å². The van der Waals surface area contributed by atoms with Crippen molar-refractivity contribution in [1.82, 2.24) is 0 Å². The molecule has 2 nitrogen and oxygen atoms in total. The van der Waals surface area contributed by atoms with Crippen molar-refractivity contribution in [2.45, 2.75) is 44.4 Å². The van der Waals surface area contributed by atoms with Crippen molar-refractivity contribution < 1.29 is 9.53 Å². The summed E-state index contributed by atoms with van der Waals surface area (Å²) in [7, 11) is -1.14. The topological polar surface area (TPSA) is 26.3 Å². The third kappa shape index (κ3) is 3.60. The number of carbonyl (C=O) groups excluding carboxylic acids is 1. The summed E-state index contributed by atoms with van der Waals surface area (Å²) in [6, 6.07) is 9.28. The van der Waals surface area contributed by atoms with Gasteiger partial charge < -0.3 is 4.74 Å². The van der Waals surface area contributed by atoms with Crippen LogP contribution < -0.4 is 0 Å². The Hall–Kier alpha value is -1.35. The quantitative estimate of drug-likeness (QED) is 0.598. The molecule has 20 heavy (non-hydrogen) atoms. The molecule has 1 atom stereocenters. The largest absolute Gasteiger partial charge is 0.466 e. The van der Waals surface area contributed by atoms with E-state index in [1.165, 1.54) is 11.1 Å². The summed E-state index contributed by atoms with van der Waals surface area (Å²) in [4.78, 5) is 12.1. The Kier molecular flexibility index (Phi) is 4.19. The van der Waals surface area contributed by atoms with E-state index in [9.17, 15) is 4.79 Å². The van der Waals surface area contributed by atoms with Crippen LogP contribution in [0.4, 0.5) is 0 Å². The average Bonchev–Trinajstić information content (AvgIpc) is 2.66. The van der Waals surface area contributed by atoms with Crippen LogP contribution in [0.25, 0.3) is 6.08 Å². The second-order valence-corrected chi connectivity index (χ2v) is 12.7. The number of carbonyl (C=O) groups is 1. The summed E-state index contributed by atoms with van der Waals surface area (Å²) in [5, 5.41) is 0. The van der Waals surface area contributed by atoms with Crippen LogP contribution in [-0.4, -0.2) is 20.7 Å². The average molecular weight is 288 g/mol. The first-order valence-electron chi connectivity index (χ1n) is 7.25. The number of benzene rings is 1. The molecule has 0 aliphatic heterocycles. The minimum absolute atomic E-state index is 0.0906. The zero-order valence-corrected chi connectivity index (χ0v) is 13.9. The minimum Gasteiger partial charge on any atom is -0.466 e. The predicted molar refractivity (Wildman–Crippen MR) is 86.6 cm³/mol. The van der Waals surface area contributed by atoms with Gasteiger partial charge in [0.25, 0.3) is 0 Å². The van der Waals surface area contributed by atoms with Crippen molar-refractivity contribution in [1.29, 1.82) is 0 Å². The third-order valence-electron chi connectivity index (χ3n) is 3.83. The molecule has 1 aromatic rings. The molecule has 0 saturated heterocycles. The molecular weight excluding hydrogens is 264 g/mol. The molecule has 1 aromatic carbocycles. The van der Waals surface area contributed by atoms with E-state index in [2.05, 4.69) is 50.8 Å². The zero-order chi connectivity index (χ0) is 14.8. The van der Waals surface area contributed by atoms with Crippen LogP contribution >= 0.6 is 0 Å². The van der Waals surface area contributed by atoms with Crippen LogP contribution in [-0.2, 0) is 14.9 Å². The predicted octanol–water partition coefficient (Wildman–Crippen LogP) is 4.24. The maximum absolute atomic E-state index is 12.1. The summed E-state index contributed by atoms with van der Waals surface area (Å²) in [6.45, 7) is 9.54. The number of fused-ring (bicyclic) bond motifs is 1. The first kappa shape index (κ1) is 15.0. The number of ether oxygens (including phenoxy) is 1. The van der Waals surface area contributed by atoms with Crippen molar-refractivity contribution >= 4 is 20.1 Å². The second kappa shape index (κ2) is 5.56. The molecular formula is C17H24O2Si. The highest BCUT2D eigenvalue weighted by Crippen LogP contribution is 2.38. The van der Waals surface area contributed by atoms with Crippen molar-refractivity contribution in [3.63, 3.8) is 0 Å². The van der Waals surface area contributed by atoms with E-state index in [-0.39, 0.29) is 11.4 Å². The Labute approximate surface area is 122 Å². The molecule has 0 saturated carbocycles. The molecule has 1 aliphatic carbocycles. The first-order valence-corrected chi connectivity index (χ1v) is 11.0. The van der Waals surface area contributed by atoms with Crippen LogP contribution in [0.2, 0.25) is 25.7 Å². The molecule has 3 heteroatoms. The zero-order valence-electron chi connectivity index (χ0n) is 12.9. The number of hydrogen-bond acceptors (Lipinski definition) is 2. The Balaban J connectivity index is 1.94. The molecule has 0 amide bonds. The van der Waals surface area contributed by atoms with Crippen molar-refractivity contribution in [3.05, 3.63) is 41.5 Å². The van der Waals surface area contributed by atoms with E-state index in [0.29, 0.717) is 13.0 Å². The van der Waals surface area contributed by atoms with Gasteiger partial charge >= 0.3 is 5.97 Å². The summed E-state index contributed by atoms with van der Waals surface area (Å²) in [5.74, 6) is -0.0906. The minimum atomic E-state index is -1.14. The van der Waals surface area contributed by atoms with Gasteiger partial charge in [0, 0.05) is 13.5 Å². The van der Waals surface area contributed by atoms with Crippen LogP contribution in [0.3, 0.4) is 0 Å². The molecule has 1 unspecified atom stereocenters. The fourth-order valence-electron chi connectivity index (χ4n) is 2.50. The molecule has 0 aromatic heterocycles. The highest BCUT2D eigenvalue weighted by molar-refractivity contribution is 6.76. The highest BCUT2D eigenvalue weighted by atomic mass is 28.3.